The van der Waals surface area contributed by atoms with E-state index in [1.54, 1.807) is 29.8 Å². The van der Waals surface area contributed by atoms with Gasteiger partial charge in [-0.25, -0.2) is 9.18 Å². The van der Waals surface area contributed by atoms with E-state index in [4.69, 9.17) is 4.74 Å². The van der Waals surface area contributed by atoms with Crippen molar-refractivity contribution >= 4 is 17.6 Å². The number of aromatic nitrogens is 1. The van der Waals surface area contributed by atoms with E-state index in [1.807, 2.05) is 44.2 Å². The summed E-state index contributed by atoms with van der Waals surface area (Å²) in [6, 6.07) is 15.8. The van der Waals surface area contributed by atoms with Crippen LogP contribution in [0, 0.1) is 11.7 Å². The van der Waals surface area contributed by atoms with Gasteiger partial charge in [-0.15, -0.1) is 0 Å². The zero-order valence-corrected chi connectivity index (χ0v) is 18.0. The minimum absolute atomic E-state index is 0.198. The van der Waals surface area contributed by atoms with Gasteiger partial charge < -0.3 is 14.6 Å². The average molecular weight is 423 g/mol. The predicted octanol–water partition coefficient (Wildman–Crippen LogP) is 5.50. The fourth-order valence-electron chi connectivity index (χ4n) is 3.31. The maximum Gasteiger partial charge on any atom is 0.357 e. The van der Waals surface area contributed by atoms with Crippen LogP contribution in [0.1, 0.15) is 43.2 Å². The van der Waals surface area contributed by atoms with Gasteiger partial charge in [0.25, 0.3) is 0 Å². The molecule has 162 valence electrons. The van der Waals surface area contributed by atoms with Gasteiger partial charge in [0.1, 0.15) is 5.82 Å². The maximum absolute atomic E-state index is 14.0. The van der Waals surface area contributed by atoms with Gasteiger partial charge in [-0.05, 0) is 36.6 Å². The first-order chi connectivity index (χ1) is 14.9. The summed E-state index contributed by atoms with van der Waals surface area (Å²) < 4.78 is 21.0. The van der Waals surface area contributed by atoms with Crippen molar-refractivity contribution in [1.29, 1.82) is 0 Å². The van der Waals surface area contributed by atoms with E-state index in [2.05, 4.69) is 5.32 Å². The number of carbonyl (C=O) groups excluding carboxylic acids is 2. The molecule has 0 unspecified atom stereocenters. The van der Waals surface area contributed by atoms with Crippen LogP contribution in [0.25, 0.3) is 11.1 Å². The maximum atomic E-state index is 14.0. The Balaban J connectivity index is 2.18. The Morgan fingerprint density at radius 2 is 1.84 bits per heavy atom. The second-order valence-electron chi connectivity index (χ2n) is 7.41. The molecule has 1 N–H and O–H groups in total. The number of hydrogen-bond donors (Lipinski definition) is 1. The summed E-state index contributed by atoms with van der Waals surface area (Å²) in [7, 11) is 0. The third kappa shape index (κ3) is 5.20. The average Bonchev–Trinajstić information content (AvgIpc) is 3.11. The molecule has 0 radical (unpaired) electrons. The molecule has 0 bridgehead atoms. The topological polar surface area (TPSA) is 60.3 Å². The summed E-state index contributed by atoms with van der Waals surface area (Å²) in [5, 5.41) is 2.91. The van der Waals surface area contributed by atoms with Crippen LogP contribution >= 0.6 is 0 Å². The zero-order chi connectivity index (χ0) is 22.4. The minimum Gasteiger partial charge on any atom is -0.461 e. The Morgan fingerprint density at radius 3 is 2.48 bits per heavy atom. The second-order valence-corrected chi connectivity index (χ2v) is 7.41. The molecule has 0 aliphatic carbocycles. The number of ether oxygens (including phenoxy) is 1. The first kappa shape index (κ1) is 22.3. The quantitative estimate of drug-likeness (QED) is 0.488. The molecule has 1 amide bonds. The van der Waals surface area contributed by atoms with Gasteiger partial charge in [0.05, 0.1) is 12.3 Å². The summed E-state index contributed by atoms with van der Waals surface area (Å²) in [6.07, 6.45) is 2.42. The smallest absolute Gasteiger partial charge is 0.357 e. The highest BCUT2D eigenvalue weighted by atomic mass is 19.1. The lowest BCUT2D eigenvalue weighted by Crippen LogP contribution is -2.22. The summed E-state index contributed by atoms with van der Waals surface area (Å²) in [5.41, 5.74) is 2.69. The van der Waals surface area contributed by atoms with E-state index >= 15 is 0 Å². The molecule has 1 heterocycles. The minimum atomic E-state index is -0.541. The third-order valence-corrected chi connectivity index (χ3v) is 5.19. The summed E-state index contributed by atoms with van der Waals surface area (Å²) in [6.45, 7) is 6.07. The Bertz CT molecular complexity index is 1060. The molecule has 1 aromatic heterocycles. The Labute approximate surface area is 181 Å². The van der Waals surface area contributed by atoms with Gasteiger partial charge in [-0.1, -0.05) is 56.3 Å². The van der Waals surface area contributed by atoms with Crippen molar-refractivity contribution in [3.63, 3.8) is 0 Å². The Kier molecular flexibility index (Phi) is 7.23. The molecule has 0 spiro atoms. The van der Waals surface area contributed by atoms with Gasteiger partial charge >= 0.3 is 5.97 Å². The van der Waals surface area contributed by atoms with Gasteiger partial charge in [-0.2, -0.15) is 0 Å². The fraction of sp³-hybridized carbons (Fsp3) is 0.280. The zero-order valence-electron chi connectivity index (χ0n) is 18.0. The molecule has 31 heavy (non-hydrogen) atoms. The van der Waals surface area contributed by atoms with E-state index < -0.39 is 11.8 Å². The van der Waals surface area contributed by atoms with Crippen LogP contribution in [0.4, 0.5) is 10.1 Å². The van der Waals surface area contributed by atoms with Crippen molar-refractivity contribution in [3.05, 3.63) is 77.9 Å². The highest BCUT2D eigenvalue weighted by molar-refractivity contribution is 6.06. The number of nitrogens with zero attached hydrogens (tertiary/aromatic N) is 1. The van der Waals surface area contributed by atoms with Crippen molar-refractivity contribution in [1.82, 2.24) is 4.57 Å². The molecule has 0 fully saturated rings. The number of carbonyl (C=O) groups is 2. The molecule has 3 aromatic rings. The van der Waals surface area contributed by atoms with Crippen molar-refractivity contribution in [2.45, 2.75) is 33.7 Å². The molecule has 2 aromatic carbocycles. The van der Waals surface area contributed by atoms with Crippen LogP contribution in [0.2, 0.25) is 0 Å². The standard InChI is InChI=1S/C25H27FN2O3/c1-4-17(3)24(29)27-22-21(19-12-9-13-20(26)14-19)16-28(23(22)25(30)31-5-2)15-18-10-7-6-8-11-18/h6-14,16-17H,4-5,15H2,1-3H3,(H,27,29)/t17-/m1/s1. The monoisotopic (exact) mass is 422 g/mol. The molecular formula is C25H27FN2O3. The molecule has 6 heteroatoms. The van der Waals surface area contributed by atoms with Gasteiger partial charge in [-0.3, -0.25) is 4.79 Å². The van der Waals surface area contributed by atoms with E-state index in [0.29, 0.717) is 29.8 Å². The molecule has 0 aliphatic rings. The van der Waals surface area contributed by atoms with Crippen LogP contribution in [-0.2, 0) is 16.1 Å². The van der Waals surface area contributed by atoms with Crippen molar-refractivity contribution in [2.24, 2.45) is 5.92 Å². The van der Waals surface area contributed by atoms with E-state index in [0.717, 1.165) is 5.56 Å². The predicted molar refractivity (Wildman–Crippen MR) is 119 cm³/mol. The lowest BCUT2D eigenvalue weighted by atomic mass is 10.0. The van der Waals surface area contributed by atoms with Crippen LogP contribution in [0.3, 0.4) is 0 Å². The third-order valence-electron chi connectivity index (χ3n) is 5.19. The van der Waals surface area contributed by atoms with Crippen molar-refractivity contribution in [2.75, 3.05) is 11.9 Å². The SMILES string of the molecule is CCOC(=O)c1c(NC(=O)[C@H](C)CC)c(-c2cccc(F)c2)cn1Cc1ccccc1. The summed E-state index contributed by atoms with van der Waals surface area (Å²) in [5.74, 6) is -1.39. The van der Waals surface area contributed by atoms with E-state index in [9.17, 15) is 14.0 Å². The normalized spacial score (nSPS) is 11.7. The van der Waals surface area contributed by atoms with E-state index in [1.165, 1.54) is 12.1 Å². The number of benzene rings is 2. The fourth-order valence-corrected chi connectivity index (χ4v) is 3.31. The number of rotatable bonds is 8. The largest absolute Gasteiger partial charge is 0.461 e. The van der Waals surface area contributed by atoms with Crippen molar-refractivity contribution in [3.8, 4) is 11.1 Å². The highest BCUT2D eigenvalue weighted by Gasteiger charge is 2.26. The van der Waals surface area contributed by atoms with Crippen LogP contribution in [0.5, 0.6) is 0 Å². The van der Waals surface area contributed by atoms with Gasteiger partial charge in [0.15, 0.2) is 5.69 Å². The number of hydrogen-bond acceptors (Lipinski definition) is 3. The van der Waals surface area contributed by atoms with Crippen LogP contribution in [-0.4, -0.2) is 23.1 Å². The van der Waals surface area contributed by atoms with Gasteiger partial charge in [0.2, 0.25) is 5.91 Å². The highest BCUT2D eigenvalue weighted by Crippen LogP contribution is 2.35. The lowest BCUT2D eigenvalue weighted by molar-refractivity contribution is -0.119. The molecule has 0 saturated heterocycles. The number of amides is 1. The van der Waals surface area contributed by atoms with Crippen LogP contribution < -0.4 is 5.32 Å². The molecular weight excluding hydrogens is 395 g/mol. The first-order valence-corrected chi connectivity index (χ1v) is 10.5. The molecule has 1 atom stereocenters. The molecule has 5 nitrogen and oxygen atoms in total. The molecule has 0 saturated carbocycles. The number of anilines is 1. The van der Waals surface area contributed by atoms with Crippen molar-refractivity contribution < 1.29 is 18.7 Å². The first-order valence-electron chi connectivity index (χ1n) is 10.5. The van der Waals surface area contributed by atoms with Gasteiger partial charge in [0, 0.05) is 24.2 Å². The molecule has 0 aliphatic heterocycles. The second kappa shape index (κ2) is 10.1. The number of nitrogens with one attached hydrogen (secondary N) is 1. The number of halogens is 1. The van der Waals surface area contributed by atoms with Crippen LogP contribution in [0.15, 0.2) is 60.8 Å². The summed E-state index contributed by atoms with van der Waals surface area (Å²) in [4.78, 5) is 25.7. The summed E-state index contributed by atoms with van der Waals surface area (Å²) >= 11 is 0. The number of esters is 1. The Hall–Kier alpha value is -3.41. The van der Waals surface area contributed by atoms with E-state index in [-0.39, 0.29) is 24.1 Å². The molecule has 3 rings (SSSR count). The Morgan fingerprint density at radius 1 is 1.10 bits per heavy atom. The lowest BCUT2D eigenvalue weighted by Gasteiger charge is -2.14.